The van der Waals surface area contributed by atoms with Crippen LogP contribution in [-0.4, -0.2) is 28.8 Å². The maximum atomic E-state index is 11.9. The fourth-order valence-electron chi connectivity index (χ4n) is 1.45. The molecule has 18 heavy (non-hydrogen) atoms. The van der Waals surface area contributed by atoms with E-state index in [1.807, 2.05) is 0 Å². The molecule has 1 unspecified atom stereocenters. The van der Waals surface area contributed by atoms with Gasteiger partial charge >= 0.3 is 5.97 Å². The van der Waals surface area contributed by atoms with Crippen molar-refractivity contribution in [2.75, 3.05) is 5.75 Å². The molecule has 0 saturated heterocycles. The number of amides is 1. The predicted octanol–water partition coefficient (Wildman–Crippen LogP) is 2.15. The Balaban J connectivity index is 2.87. The maximum Gasteiger partial charge on any atom is 0.326 e. The van der Waals surface area contributed by atoms with Crippen molar-refractivity contribution in [2.45, 2.75) is 19.4 Å². The molecule has 0 radical (unpaired) electrons. The monoisotopic (exact) mass is 287 g/mol. The molecule has 1 aromatic rings. The topological polar surface area (TPSA) is 66.4 Å². The summed E-state index contributed by atoms with van der Waals surface area (Å²) in [5.74, 6) is -1.20. The fourth-order valence-corrected chi connectivity index (χ4v) is 1.92. The number of carbonyl (C=O) groups excluding carboxylic acids is 1. The highest BCUT2D eigenvalue weighted by atomic mass is 35.5. The number of carboxylic acid groups (broad SMARTS) is 1. The number of aryl methyl sites for hydroxylation is 1. The van der Waals surface area contributed by atoms with Gasteiger partial charge in [-0.3, -0.25) is 4.79 Å². The maximum absolute atomic E-state index is 11.9. The third kappa shape index (κ3) is 3.65. The summed E-state index contributed by atoms with van der Waals surface area (Å²) in [6.45, 7) is 1.78. The molecule has 0 bridgehead atoms. The third-order valence-electron chi connectivity index (χ3n) is 2.46. The third-order valence-corrected chi connectivity index (χ3v) is 3.22. The van der Waals surface area contributed by atoms with Gasteiger partial charge in [-0.05, 0) is 30.7 Å². The Morgan fingerprint density at radius 1 is 1.50 bits per heavy atom. The second kappa shape index (κ2) is 6.66. The Morgan fingerprint density at radius 3 is 2.72 bits per heavy atom. The highest BCUT2D eigenvalue weighted by Gasteiger charge is 2.21. The van der Waals surface area contributed by atoms with Crippen LogP contribution >= 0.6 is 24.2 Å². The lowest BCUT2D eigenvalue weighted by atomic mass is 10.1. The SMILES string of the molecule is Cc1cccc(C(=O)NC(CCS)C(=O)O)c1Cl. The number of benzene rings is 1. The summed E-state index contributed by atoms with van der Waals surface area (Å²) in [5.41, 5.74) is 1.05. The van der Waals surface area contributed by atoms with Crippen LogP contribution in [0.4, 0.5) is 0 Å². The van der Waals surface area contributed by atoms with Crippen molar-refractivity contribution in [3.63, 3.8) is 0 Å². The number of rotatable bonds is 5. The van der Waals surface area contributed by atoms with Crippen LogP contribution in [0.2, 0.25) is 5.02 Å². The molecule has 0 aliphatic rings. The molecule has 1 amide bonds. The van der Waals surface area contributed by atoms with Crippen molar-refractivity contribution in [1.82, 2.24) is 5.32 Å². The van der Waals surface area contributed by atoms with Crippen molar-refractivity contribution in [2.24, 2.45) is 0 Å². The van der Waals surface area contributed by atoms with Crippen LogP contribution < -0.4 is 5.32 Å². The first-order chi connectivity index (χ1) is 8.47. The number of carboxylic acids is 1. The highest BCUT2D eigenvalue weighted by molar-refractivity contribution is 7.80. The Kier molecular flexibility index (Phi) is 5.50. The van der Waals surface area contributed by atoms with Crippen molar-refractivity contribution in [3.05, 3.63) is 34.3 Å². The molecule has 0 saturated carbocycles. The van der Waals surface area contributed by atoms with E-state index in [2.05, 4.69) is 17.9 Å². The van der Waals surface area contributed by atoms with Gasteiger partial charge < -0.3 is 10.4 Å². The lowest BCUT2D eigenvalue weighted by Crippen LogP contribution is -2.41. The van der Waals surface area contributed by atoms with Crippen LogP contribution in [0.1, 0.15) is 22.3 Å². The van der Waals surface area contributed by atoms with Crippen molar-refractivity contribution in [1.29, 1.82) is 0 Å². The number of halogens is 1. The number of nitrogens with one attached hydrogen (secondary N) is 1. The molecule has 6 heteroatoms. The van der Waals surface area contributed by atoms with Crippen molar-refractivity contribution < 1.29 is 14.7 Å². The number of aliphatic carboxylic acids is 1. The minimum absolute atomic E-state index is 0.258. The molecule has 1 rings (SSSR count). The molecular formula is C12H14ClNO3S. The molecule has 0 aromatic heterocycles. The number of thiol groups is 1. The molecule has 0 spiro atoms. The van der Waals surface area contributed by atoms with Gasteiger partial charge in [-0.25, -0.2) is 4.79 Å². The standard InChI is InChI=1S/C12H14ClNO3S/c1-7-3-2-4-8(10(7)13)11(15)14-9(5-6-18)12(16)17/h2-4,9,18H,5-6H2,1H3,(H,14,15)(H,16,17). The zero-order valence-corrected chi connectivity index (χ0v) is 11.5. The lowest BCUT2D eigenvalue weighted by Gasteiger charge is -2.14. The first kappa shape index (κ1) is 14.9. The van der Waals surface area contributed by atoms with Gasteiger partial charge in [0, 0.05) is 0 Å². The molecule has 0 fully saturated rings. The molecule has 2 N–H and O–H groups in total. The quantitative estimate of drug-likeness (QED) is 0.727. The normalized spacial score (nSPS) is 11.9. The summed E-state index contributed by atoms with van der Waals surface area (Å²) < 4.78 is 0. The van der Waals surface area contributed by atoms with E-state index in [1.54, 1.807) is 25.1 Å². The van der Waals surface area contributed by atoms with Gasteiger partial charge in [0.05, 0.1) is 10.6 Å². The van der Waals surface area contributed by atoms with Crippen LogP contribution in [0, 0.1) is 6.92 Å². The van der Waals surface area contributed by atoms with E-state index in [9.17, 15) is 9.59 Å². The first-order valence-corrected chi connectivity index (χ1v) is 6.38. The van der Waals surface area contributed by atoms with Crippen molar-refractivity contribution in [3.8, 4) is 0 Å². The molecule has 1 atom stereocenters. The van der Waals surface area contributed by atoms with Gasteiger partial charge in [0.25, 0.3) is 5.91 Å². The Morgan fingerprint density at radius 2 is 2.17 bits per heavy atom. The minimum Gasteiger partial charge on any atom is -0.480 e. The lowest BCUT2D eigenvalue weighted by molar-refractivity contribution is -0.139. The number of hydrogen-bond donors (Lipinski definition) is 3. The Labute approximate surface area is 116 Å². The van der Waals surface area contributed by atoms with E-state index in [0.717, 1.165) is 5.56 Å². The van der Waals surface area contributed by atoms with Crippen LogP contribution in [0.3, 0.4) is 0 Å². The Hall–Kier alpha value is -1.20. The smallest absolute Gasteiger partial charge is 0.326 e. The van der Waals surface area contributed by atoms with Crippen molar-refractivity contribution >= 4 is 36.1 Å². The largest absolute Gasteiger partial charge is 0.480 e. The summed E-state index contributed by atoms with van der Waals surface area (Å²) in [7, 11) is 0. The van der Waals surface area contributed by atoms with E-state index in [-0.39, 0.29) is 12.0 Å². The predicted molar refractivity (Wildman–Crippen MR) is 73.5 cm³/mol. The van der Waals surface area contributed by atoms with Gasteiger partial charge in [0.15, 0.2) is 0 Å². The van der Waals surface area contributed by atoms with Crippen LogP contribution in [0.15, 0.2) is 18.2 Å². The van der Waals surface area contributed by atoms with E-state index in [4.69, 9.17) is 16.7 Å². The zero-order chi connectivity index (χ0) is 13.7. The number of carbonyl (C=O) groups is 2. The average molecular weight is 288 g/mol. The number of hydrogen-bond acceptors (Lipinski definition) is 3. The summed E-state index contributed by atoms with van der Waals surface area (Å²) in [6, 6.07) is 4.09. The summed E-state index contributed by atoms with van der Waals surface area (Å²) in [6.07, 6.45) is 0.258. The molecule has 4 nitrogen and oxygen atoms in total. The summed E-state index contributed by atoms with van der Waals surface area (Å²) >= 11 is 9.97. The average Bonchev–Trinajstić information content (AvgIpc) is 2.31. The second-order valence-electron chi connectivity index (χ2n) is 3.81. The first-order valence-electron chi connectivity index (χ1n) is 5.37. The zero-order valence-electron chi connectivity index (χ0n) is 9.81. The van der Waals surface area contributed by atoms with E-state index >= 15 is 0 Å². The molecule has 0 aliphatic heterocycles. The second-order valence-corrected chi connectivity index (χ2v) is 4.64. The minimum atomic E-state index is -1.08. The Bertz CT molecular complexity index is 465. The van der Waals surface area contributed by atoms with Crippen LogP contribution in [-0.2, 0) is 4.79 Å². The van der Waals surface area contributed by atoms with E-state index in [1.165, 1.54) is 0 Å². The molecule has 0 heterocycles. The molecule has 1 aromatic carbocycles. The van der Waals surface area contributed by atoms with E-state index < -0.39 is 17.9 Å². The summed E-state index contributed by atoms with van der Waals surface area (Å²) in [4.78, 5) is 22.9. The van der Waals surface area contributed by atoms with Gasteiger partial charge in [-0.15, -0.1) is 0 Å². The van der Waals surface area contributed by atoms with Gasteiger partial charge in [0.2, 0.25) is 0 Å². The molecule has 0 aliphatic carbocycles. The fraction of sp³-hybridized carbons (Fsp3) is 0.333. The summed E-state index contributed by atoms with van der Waals surface area (Å²) in [5, 5.41) is 11.7. The molecule has 98 valence electrons. The van der Waals surface area contributed by atoms with Gasteiger partial charge in [-0.1, -0.05) is 23.7 Å². The highest BCUT2D eigenvalue weighted by Crippen LogP contribution is 2.20. The molecular weight excluding hydrogens is 274 g/mol. The van der Waals surface area contributed by atoms with Gasteiger partial charge in [-0.2, -0.15) is 12.6 Å². The van der Waals surface area contributed by atoms with E-state index in [0.29, 0.717) is 10.8 Å². The van der Waals surface area contributed by atoms with Gasteiger partial charge in [0.1, 0.15) is 6.04 Å². The van der Waals surface area contributed by atoms with Crippen LogP contribution in [0.25, 0.3) is 0 Å². The van der Waals surface area contributed by atoms with Crippen LogP contribution in [0.5, 0.6) is 0 Å².